The van der Waals surface area contributed by atoms with Crippen molar-refractivity contribution in [2.24, 2.45) is 0 Å². The van der Waals surface area contributed by atoms with E-state index in [0.717, 1.165) is 5.56 Å². The van der Waals surface area contributed by atoms with Crippen LogP contribution in [0.1, 0.15) is 21.6 Å². The van der Waals surface area contributed by atoms with Crippen molar-refractivity contribution < 1.29 is 25.2 Å². The Bertz CT molecular complexity index is 451. The predicted octanol–water partition coefficient (Wildman–Crippen LogP) is 1.58. The number of hydrogen-bond acceptors (Lipinski definition) is 2. The zero-order chi connectivity index (χ0) is 9.97. The normalized spacial score (nSPS) is 9.40. The predicted molar refractivity (Wildman–Crippen MR) is 52.2 cm³/mol. The molecule has 3 nitrogen and oxygen atoms in total. The van der Waals surface area contributed by atoms with Gasteiger partial charge >= 0.3 is 0 Å². The van der Waals surface area contributed by atoms with Gasteiger partial charge in [-0.05, 0) is 12.5 Å². The van der Waals surface area contributed by atoms with Crippen LogP contribution in [0, 0.1) is 6.92 Å². The van der Waals surface area contributed by atoms with Gasteiger partial charge in [0.15, 0.2) is 5.78 Å². The van der Waals surface area contributed by atoms with Crippen molar-refractivity contribution in [2.45, 2.75) is 6.92 Å². The molecule has 0 aliphatic rings. The summed E-state index contributed by atoms with van der Waals surface area (Å²) in [6, 6.07) is 7.45. The minimum atomic E-state index is -0.0689. The van der Waals surface area contributed by atoms with Crippen LogP contribution in [-0.4, -0.2) is 10.8 Å². The van der Waals surface area contributed by atoms with Crippen molar-refractivity contribution in [1.29, 1.82) is 0 Å². The van der Waals surface area contributed by atoms with E-state index >= 15 is 0 Å². The summed E-state index contributed by atoms with van der Waals surface area (Å²) < 4.78 is 0. The summed E-state index contributed by atoms with van der Waals surface area (Å²) in [6.07, 6.45) is 2.86. The standard InChI is InChI=1S/C11H10N2O.Pd/c1-8-4-2-3-5-9(8)11(14)10-6-12-7-13-10;/h2-7H,1H3,(H,12,13,14);/p-1. The van der Waals surface area contributed by atoms with Gasteiger partial charge in [-0.1, -0.05) is 36.8 Å². The molecule has 1 aromatic carbocycles. The molecular weight excluding hydrogens is 283 g/mol. The summed E-state index contributed by atoms with van der Waals surface area (Å²) in [7, 11) is 0. The van der Waals surface area contributed by atoms with Crippen molar-refractivity contribution in [2.75, 3.05) is 0 Å². The maximum atomic E-state index is 11.8. The van der Waals surface area contributed by atoms with E-state index in [1.807, 2.05) is 25.1 Å². The second-order valence-electron chi connectivity index (χ2n) is 3.05. The fraction of sp³-hybridized carbons (Fsp3) is 0.0909. The molecule has 1 heterocycles. The van der Waals surface area contributed by atoms with Gasteiger partial charge in [-0.3, -0.25) is 4.79 Å². The zero-order valence-corrected chi connectivity index (χ0v) is 9.64. The molecule has 80 valence electrons. The summed E-state index contributed by atoms with van der Waals surface area (Å²) in [6.45, 7) is 1.91. The van der Waals surface area contributed by atoms with E-state index < -0.39 is 0 Å². The Morgan fingerprint density at radius 2 is 2.07 bits per heavy atom. The first-order chi connectivity index (χ1) is 6.79. The van der Waals surface area contributed by atoms with E-state index in [0.29, 0.717) is 11.3 Å². The van der Waals surface area contributed by atoms with Crippen LogP contribution >= 0.6 is 0 Å². The topological polar surface area (TPSA) is 44.1 Å². The van der Waals surface area contributed by atoms with Gasteiger partial charge in [-0.15, -0.1) is 0 Å². The molecule has 0 fully saturated rings. The zero-order valence-electron chi connectivity index (χ0n) is 8.08. The number of rotatable bonds is 2. The Hall–Kier alpha value is -1.24. The number of imidazole rings is 1. The first kappa shape index (κ1) is 11.8. The van der Waals surface area contributed by atoms with Crippen molar-refractivity contribution >= 4 is 5.78 Å². The van der Waals surface area contributed by atoms with Crippen LogP contribution in [-0.2, 0) is 20.4 Å². The Morgan fingerprint density at radius 1 is 1.33 bits per heavy atom. The molecule has 0 amide bonds. The Kier molecular flexibility index (Phi) is 3.96. The van der Waals surface area contributed by atoms with Crippen molar-refractivity contribution in [1.82, 2.24) is 9.97 Å². The fourth-order valence-corrected chi connectivity index (χ4v) is 1.32. The number of hydrogen-bond donors (Lipinski definition) is 0. The summed E-state index contributed by atoms with van der Waals surface area (Å²) in [5, 5.41) is 0. The van der Waals surface area contributed by atoms with Gasteiger partial charge in [-0.2, -0.15) is 0 Å². The quantitative estimate of drug-likeness (QED) is 0.623. The van der Waals surface area contributed by atoms with Crippen molar-refractivity contribution in [3.05, 3.63) is 53.6 Å². The largest absolute Gasteiger partial charge is 0.449 e. The molecule has 0 spiro atoms. The van der Waals surface area contributed by atoms with E-state index in [9.17, 15) is 4.79 Å². The van der Waals surface area contributed by atoms with Gasteiger partial charge in [0.2, 0.25) is 0 Å². The summed E-state index contributed by atoms with van der Waals surface area (Å²) in [4.78, 5) is 19.5. The molecule has 0 radical (unpaired) electrons. The smallest absolute Gasteiger partial charge is 0.188 e. The van der Waals surface area contributed by atoms with E-state index in [1.54, 1.807) is 6.07 Å². The monoisotopic (exact) mass is 291 g/mol. The summed E-state index contributed by atoms with van der Waals surface area (Å²) in [5.41, 5.74) is 2.05. The molecule has 0 aliphatic heterocycles. The fourth-order valence-electron chi connectivity index (χ4n) is 1.32. The maximum Gasteiger partial charge on any atom is 0.188 e. The number of aromatic nitrogens is 2. The molecule has 15 heavy (non-hydrogen) atoms. The third-order valence-electron chi connectivity index (χ3n) is 2.08. The molecule has 0 N–H and O–H groups in total. The van der Waals surface area contributed by atoms with Gasteiger partial charge in [-0.25, -0.2) is 0 Å². The first-order valence-corrected chi connectivity index (χ1v) is 4.32. The molecule has 2 aromatic rings. The molecule has 2 rings (SSSR count). The molecule has 0 atom stereocenters. The SMILES string of the molecule is Cc1ccccc1C(=O)c1c[n-]cn1.[Pd]. The van der Waals surface area contributed by atoms with E-state index in [1.165, 1.54) is 12.5 Å². The molecule has 0 unspecified atom stereocenters. The van der Waals surface area contributed by atoms with E-state index in [-0.39, 0.29) is 26.2 Å². The number of carbonyl (C=O) groups is 1. The van der Waals surface area contributed by atoms with Crippen LogP contribution in [0.3, 0.4) is 0 Å². The third-order valence-corrected chi connectivity index (χ3v) is 2.08. The second-order valence-corrected chi connectivity index (χ2v) is 3.05. The summed E-state index contributed by atoms with van der Waals surface area (Å²) in [5.74, 6) is -0.0689. The van der Waals surface area contributed by atoms with E-state index in [4.69, 9.17) is 0 Å². The molecule has 0 saturated heterocycles. The molecule has 4 heteroatoms. The van der Waals surface area contributed by atoms with Crippen LogP contribution in [0.4, 0.5) is 0 Å². The second kappa shape index (κ2) is 5.02. The van der Waals surface area contributed by atoms with Gasteiger partial charge in [0.1, 0.15) is 0 Å². The van der Waals surface area contributed by atoms with Gasteiger partial charge < -0.3 is 9.97 Å². The van der Waals surface area contributed by atoms with Crippen molar-refractivity contribution in [3.8, 4) is 0 Å². The van der Waals surface area contributed by atoms with Crippen molar-refractivity contribution in [3.63, 3.8) is 0 Å². The molecule has 0 bridgehead atoms. The van der Waals surface area contributed by atoms with Crippen LogP contribution in [0.15, 0.2) is 36.8 Å². The molecule has 0 aliphatic carbocycles. The average molecular weight is 292 g/mol. The Labute approximate surface area is 102 Å². The van der Waals surface area contributed by atoms with Crippen LogP contribution in [0.5, 0.6) is 0 Å². The first-order valence-electron chi connectivity index (χ1n) is 4.32. The van der Waals surface area contributed by atoms with Crippen LogP contribution in [0.2, 0.25) is 0 Å². The third kappa shape index (κ3) is 2.41. The Morgan fingerprint density at radius 3 is 2.67 bits per heavy atom. The summed E-state index contributed by atoms with van der Waals surface area (Å²) >= 11 is 0. The maximum absolute atomic E-state index is 11.8. The molecule has 0 saturated carbocycles. The van der Waals surface area contributed by atoms with E-state index in [2.05, 4.69) is 9.97 Å². The Balaban J connectivity index is 0.00000112. The number of carbonyl (C=O) groups excluding carboxylic acids is 1. The minimum absolute atomic E-state index is 0. The molecular formula is C11H9N2OPd-. The minimum Gasteiger partial charge on any atom is -0.449 e. The number of nitrogens with zero attached hydrogens (tertiary/aromatic N) is 2. The van der Waals surface area contributed by atoms with Gasteiger partial charge in [0.25, 0.3) is 0 Å². The van der Waals surface area contributed by atoms with Gasteiger partial charge in [0, 0.05) is 31.7 Å². The van der Waals surface area contributed by atoms with Gasteiger partial charge in [0.05, 0.1) is 0 Å². The number of benzene rings is 1. The number of aryl methyl sites for hydroxylation is 1. The van der Waals surface area contributed by atoms with Crippen LogP contribution in [0.25, 0.3) is 0 Å². The average Bonchev–Trinajstić information content (AvgIpc) is 2.70. The molecule has 1 aromatic heterocycles. The van der Waals surface area contributed by atoms with Crippen LogP contribution < -0.4 is 4.98 Å². The number of ketones is 1.